The first kappa shape index (κ1) is 16.8. The van der Waals surface area contributed by atoms with Gasteiger partial charge < -0.3 is 4.74 Å². The van der Waals surface area contributed by atoms with Gasteiger partial charge in [-0.15, -0.1) is 11.3 Å². The van der Waals surface area contributed by atoms with Gasteiger partial charge in [0.2, 0.25) is 0 Å². The number of ether oxygens (including phenoxy) is 1. The maximum Gasteiger partial charge on any atom is 0.337 e. The molecule has 1 aromatic heterocycles. The fraction of sp³-hybridized carbons (Fsp3) is 0.0455. The molecule has 0 amide bonds. The van der Waals surface area contributed by atoms with Gasteiger partial charge in [-0.3, -0.25) is 0 Å². The van der Waals surface area contributed by atoms with Gasteiger partial charge in [-0.1, -0.05) is 42.2 Å². The Labute approximate surface area is 151 Å². The molecular formula is C22H16O2S. The van der Waals surface area contributed by atoms with Gasteiger partial charge in [-0.05, 0) is 59.0 Å². The van der Waals surface area contributed by atoms with Gasteiger partial charge in [0, 0.05) is 10.4 Å². The number of thiophene rings is 1. The maximum absolute atomic E-state index is 11.4. The number of methoxy groups -OCH3 is 1. The molecule has 3 aromatic rings. The smallest absolute Gasteiger partial charge is 0.337 e. The van der Waals surface area contributed by atoms with Crippen LogP contribution in [-0.4, -0.2) is 13.1 Å². The number of benzene rings is 2. The minimum atomic E-state index is -0.343. The van der Waals surface area contributed by atoms with E-state index in [0.29, 0.717) is 5.56 Å². The van der Waals surface area contributed by atoms with Crippen molar-refractivity contribution >= 4 is 23.4 Å². The zero-order valence-corrected chi connectivity index (χ0v) is 14.5. The third-order valence-corrected chi connectivity index (χ3v) is 4.52. The second kappa shape index (κ2) is 8.14. The van der Waals surface area contributed by atoms with Gasteiger partial charge in [0.25, 0.3) is 0 Å². The van der Waals surface area contributed by atoms with E-state index in [4.69, 9.17) is 0 Å². The van der Waals surface area contributed by atoms with Crippen LogP contribution in [0.4, 0.5) is 0 Å². The van der Waals surface area contributed by atoms with E-state index >= 15 is 0 Å². The number of esters is 1. The van der Waals surface area contributed by atoms with E-state index in [1.807, 2.05) is 36.4 Å². The number of hydrogen-bond donors (Lipinski definition) is 0. The first-order valence-corrected chi connectivity index (χ1v) is 8.65. The van der Waals surface area contributed by atoms with Crippen molar-refractivity contribution < 1.29 is 9.53 Å². The standard InChI is InChI=1S/C22H16O2S/c1-24-22(23)19-14-12-17(13-15-19)7-2-3-8-18-9-4-5-10-20(18)21-11-6-16-25-21/h3-6,8-16H,1H3/b8-3+. The lowest BCUT2D eigenvalue weighted by molar-refractivity contribution is 0.0600. The van der Waals surface area contributed by atoms with E-state index in [2.05, 4.69) is 46.2 Å². The van der Waals surface area contributed by atoms with Gasteiger partial charge in [0.15, 0.2) is 0 Å². The zero-order chi connectivity index (χ0) is 17.5. The number of hydrogen-bond acceptors (Lipinski definition) is 3. The summed E-state index contributed by atoms with van der Waals surface area (Å²) in [4.78, 5) is 12.6. The first-order chi connectivity index (χ1) is 12.3. The van der Waals surface area contributed by atoms with Crippen molar-refractivity contribution in [3.63, 3.8) is 0 Å². The predicted molar refractivity (Wildman–Crippen MR) is 103 cm³/mol. The largest absolute Gasteiger partial charge is 0.465 e. The Morgan fingerprint density at radius 2 is 1.84 bits per heavy atom. The SMILES string of the molecule is COC(=O)c1ccc(C#C/C=C/c2ccccc2-c2cccs2)cc1. The Hall–Kier alpha value is -3.09. The Kier molecular flexibility index (Phi) is 5.46. The van der Waals surface area contributed by atoms with Crippen molar-refractivity contribution in [1.82, 2.24) is 0 Å². The predicted octanol–water partition coefficient (Wildman–Crippen LogP) is 5.27. The molecule has 0 unspecified atom stereocenters. The monoisotopic (exact) mass is 344 g/mol. The lowest BCUT2D eigenvalue weighted by Gasteiger charge is -2.02. The Bertz CT molecular complexity index is 940. The molecule has 0 fully saturated rings. The Morgan fingerprint density at radius 1 is 1.04 bits per heavy atom. The quantitative estimate of drug-likeness (QED) is 0.478. The molecule has 2 aromatic carbocycles. The van der Waals surface area contributed by atoms with Crippen LogP contribution in [0.15, 0.2) is 72.1 Å². The molecule has 0 bridgehead atoms. The minimum absolute atomic E-state index is 0.343. The van der Waals surface area contributed by atoms with Gasteiger partial charge in [0.05, 0.1) is 12.7 Å². The molecule has 0 atom stereocenters. The van der Waals surface area contributed by atoms with E-state index in [0.717, 1.165) is 11.1 Å². The molecule has 0 spiro atoms. The number of carbonyl (C=O) groups is 1. The molecule has 0 saturated heterocycles. The van der Waals surface area contributed by atoms with Crippen LogP contribution in [0.2, 0.25) is 0 Å². The van der Waals surface area contributed by atoms with E-state index in [1.165, 1.54) is 17.6 Å². The van der Waals surface area contributed by atoms with Crippen molar-refractivity contribution in [2.45, 2.75) is 0 Å². The second-order valence-corrected chi connectivity index (χ2v) is 6.18. The van der Waals surface area contributed by atoms with Crippen molar-refractivity contribution in [3.05, 3.63) is 88.8 Å². The molecule has 3 heteroatoms. The summed E-state index contributed by atoms with van der Waals surface area (Å²) < 4.78 is 4.68. The molecule has 1 heterocycles. The van der Waals surface area contributed by atoms with Crippen LogP contribution < -0.4 is 0 Å². The van der Waals surface area contributed by atoms with Crippen molar-refractivity contribution in [2.24, 2.45) is 0 Å². The van der Waals surface area contributed by atoms with Crippen LogP contribution in [0.3, 0.4) is 0 Å². The molecule has 0 saturated carbocycles. The molecule has 0 aliphatic heterocycles. The van der Waals surface area contributed by atoms with E-state index in [1.54, 1.807) is 23.5 Å². The van der Waals surface area contributed by atoms with Crippen LogP contribution in [0.1, 0.15) is 21.5 Å². The maximum atomic E-state index is 11.4. The van der Waals surface area contributed by atoms with Crippen LogP contribution in [-0.2, 0) is 4.74 Å². The van der Waals surface area contributed by atoms with Crippen LogP contribution in [0, 0.1) is 11.8 Å². The van der Waals surface area contributed by atoms with Crippen molar-refractivity contribution in [2.75, 3.05) is 7.11 Å². The summed E-state index contributed by atoms with van der Waals surface area (Å²) in [5, 5.41) is 2.08. The lowest BCUT2D eigenvalue weighted by Crippen LogP contribution is -2.00. The molecule has 25 heavy (non-hydrogen) atoms. The first-order valence-electron chi connectivity index (χ1n) is 7.77. The topological polar surface area (TPSA) is 26.3 Å². The van der Waals surface area contributed by atoms with Gasteiger partial charge in [-0.25, -0.2) is 4.79 Å². The number of allylic oxidation sites excluding steroid dienone is 1. The third-order valence-electron chi connectivity index (χ3n) is 3.62. The second-order valence-electron chi connectivity index (χ2n) is 5.24. The Morgan fingerprint density at radius 3 is 2.56 bits per heavy atom. The van der Waals surface area contributed by atoms with Crippen molar-refractivity contribution in [1.29, 1.82) is 0 Å². The highest BCUT2D eigenvalue weighted by molar-refractivity contribution is 7.13. The highest BCUT2D eigenvalue weighted by Gasteiger charge is 2.03. The fourth-order valence-corrected chi connectivity index (χ4v) is 3.14. The van der Waals surface area contributed by atoms with Gasteiger partial charge in [0.1, 0.15) is 0 Å². The summed E-state index contributed by atoms with van der Waals surface area (Å²) >= 11 is 1.72. The summed E-state index contributed by atoms with van der Waals surface area (Å²) in [6.45, 7) is 0. The van der Waals surface area contributed by atoms with E-state index in [9.17, 15) is 4.79 Å². The third kappa shape index (κ3) is 4.26. The molecule has 0 N–H and O–H groups in total. The average molecular weight is 344 g/mol. The summed E-state index contributed by atoms with van der Waals surface area (Å²) in [5.41, 5.74) is 3.72. The number of rotatable bonds is 3. The minimum Gasteiger partial charge on any atom is -0.465 e. The highest BCUT2D eigenvalue weighted by Crippen LogP contribution is 2.28. The molecule has 122 valence electrons. The van der Waals surface area contributed by atoms with E-state index in [-0.39, 0.29) is 5.97 Å². The van der Waals surface area contributed by atoms with Gasteiger partial charge in [-0.2, -0.15) is 0 Å². The molecular weight excluding hydrogens is 328 g/mol. The highest BCUT2D eigenvalue weighted by atomic mass is 32.1. The molecule has 2 nitrogen and oxygen atoms in total. The normalized spacial score (nSPS) is 10.3. The number of carbonyl (C=O) groups excluding carboxylic acids is 1. The van der Waals surface area contributed by atoms with Gasteiger partial charge >= 0.3 is 5.97 Å². The van der Waals surface area contributed by atoms with Crippen molar-refractivity contribution in [3.8, 4) is 22.3 Å². The Balaban J connectivity index is 1.75. The molecule has 0 aliphatic rings. The van der Waals surface area contributed by atoms with Crippen LogP contribution in [0.25, 0.3) is 16.5 Å². The lowest BCUT2D eigenvalue weighted by atomic mass is 10.1. The average Bonchev–Trinajstić information content (AvgIpc) is 3.20. The summed E-state index contributed by atoms with van der Waals surface area (Å²) in [5.74, 6) is 5.77. The van der Waals surface area contributed by atoms with Crippen LogP contribution in [0.5, 0.6) is 0 Å². The van der Waals surface area contributed by atoms with E-state index < -0.39 is 0 Å². The van der Waals surface area contributed by atoms with Crippen LogP contribution >= 0.6 is 11.3 Å². The molecule has 0 radical (unpaired) electrons. The summed E-state index contributed by atoms with van der Waals surface area (Å²) in [7, 11) is 1.37. The summed E-state index contributed by atoms with van der Waals surface area (Å²) in [6.07, 6.45) is 3.87. The summed E-state index contributed by atoms with van der Waals surface area (Å²) in [6, 6.07) is 19.5. The zero-order valence-electron chi connectivity index (χ0n) is 13.7. The fourth-order valence-electron chi connectivity index (χ4n) is 2.36. The molecule has 3 rings (SSSR count). The molecule has 0 aliphatic carbocycles.